The predicted octanol–water partition coefficient (Wildman–Crippen LogP) is 6.69. The van der Waals surface area contributed by atoms with Crippen molar-refractivity contribution in [2.24, 2.45) is 0 Å². The summed E-state index contributed by atoms with van der Waals surface area (Å²) >= 11 is 3.65. The van der Waals surface area contributed by atoms with Gasteiger partial charge in [-0.25, -0.2) is 9.78 Å². The highest BCUT2D eigenvalue weighted by molar-refractivity contribution is 9.10. The van der Waals surface area contributed by atoms with Gasteiger partial charge in [-0.2, -0.15) is 10.2 Å². The van der Waals surface area contributed by atoms with Crippen LogP contribution >= 0.6 is 15.9 Å². The summed E-state index contributed by atoms with van der Waals surface area (Å²) in [5.74, 6) is 0.789. The second kappa shape index (κ2) is 13.1. The summed E-state index contributed by atoms with van der Waals surface area (Å²) in [5, 5.41) is 9.12. The predicted molar refractivity (Wildman–Crippen MR) is 166 cm³/mol. The highest BCUT2D eigenvalue weighted by Crippen LogP contribution is 2.35. The van der Waals surface area contributed by atoms with Gasteiger partial charge in [0.1, 0.15) is 11.3 Å². The number of aryl methyl sites for hydroxylation is 2. The van der Waals surface area contributed by atoms with Crippen LogP contribution in [-0.2, 0) is 11.3 Å². The Kier molecular flexibility index (Phi) is 9.15. The van der Waals surface area contributed by atoms with E-state index in [1.54, 1.807) is 19.1 Å². The zero-order chi connectivity index (χ0) is 29.6. The van der Waals surface area contributed by atoms with Gasteiger partial charge in [-0.3, -0.25) is 4.90 Å². The molecular formula is C33H32BrN5O3. The number of hydrogen-bond donors (Lipinski definition) is 0. The molecule has 0 radical (unpaired) electrons. The minimum absolute atomic E-state index is 0.173. The number of carbonyl (C=O) groups is 1. The van der Waals surface area contributed by atoms with Gasteiger partial charge in [-0.05, 0) is 78.9 Å². The molecule has 0 spiro atoms. The number of halogens is 1. The molecule has 8 nitrogen and oxygen atoms in total. The van der Waals surface area contributed by atoms with Crippen molar-refractivity contribution in [3.8, 4) is 28.8 Å². The van der Waals surface area contributed by atoms with E-state index in [4.69, 9.17) is 19.7 Å². The molecule has 214 valence electrons. The number of hydrogen-bond acceptors (Lipinski definition) is 8. The van der Waals surface area contributed by atoms with E-state index in [0.717, 1.165) is 59.5 Å². The summed E-state index contributed by atoms with van der Waals surface area (Å²) in [6.07, 6.45) is 1.50. The maximum Gasteiger partial charge on any atom is 0.345 e. The lowest BCUT2D eigenvalue weighted by atomic mass is 9.99. The Morgan fingerprint density at radius 3 is 2.33 bits per heavy atom. The van der Waals surface area contributed by atoms with Crippen molar-refractivity contribution in [1.29, 1.82) is 5.26 Å². The molecule has 1 fully saturated rings. The molecule has 0 bridgehead atoms. The number of benzene rings is 3. The molecule has 3 aromatic carbocycles. The fourth-order valence-corrected chi connectivity index (χ4v) is 5.43. The molecular weight excluding hydrogens is 594 g/mol. The Hall–Kier alpha value is -4.26. The Morgan fingerprint density at radius 1 is 1.00 bits per heavy atom. The zero-order valence-electron chi connectivity index (χ0n) is 23.9. The molecule has 4 aromatic rings. The highest BCUT2D eigenvalue weighted by atomic mass is 79.9. The number of nitrogens with zero attached hydrogens (tertiary/aromatic N) is 5. The van der Waals surface area contributed by atoms with Crippen LogP contribution in [0.3, 0.4) is 0 Å². The molecule has 0 N–H and O–H groups in total. The lowest BCUT2D eigenvalue weighted by Gasteiger charge is -2.35. The van der Waals surface area contributed by atoms with E-state index in [9.17, 15) is 4.79 Å². The van der Waals surface area contributed by atoms with Gasteiger partial charge in [0.05, 0.1) is 24.4 Å². The van der Waals surface area contributed by atoms with Gasteiger partial charge in [0.2, 0.25) is 11.8 Å². The van der Waals surface area contributed by atoms with Gasteiger partial charge >= 0.3 is 5.97 Å². The molecule has 2 heterocycles. The summed E-state index contributed by atoms with van der Waals surface area (Å²) in [6, 6.07) is 22.0. The Labute approximate surface area is 254 Å². The van der Waals surface area contributed by atoms with Gasteiger partial charge in [0, 0.05) is 37.2 Å². The summed E-state index contributed by atoms with van der Waals surface area (Å²) in [5.41, 5.74) is 5.85. The summed E-state index contributed by atoms with van der Waals surface area (Å²) in [7, 11) is 0. The minimum Gasteiger partial charge on any atom is -0.462 e. The van der Waals surface area contributed by atoms with Crippen LogP contribution in [0.5, 0.6) is 11.6 Å². The third-order valence-electron chi connectivity index (χ3n) is 7.25. The fraction of sp³-hybridized carbons (Fsp3) is 0.273. The number of rotatable bonds is 8. The summed E-state index contributed by atoms with van der Waals surface area (Å²) in [4.78, 5) is 26.6. The quantitative estimate of drug-likeness (QED) is 0.200. The number of piperazine rings is 1. The van der Waals surface area contributed by atoms with Crippen molar-refractivity contribution in [1.82, 2.24) is 14.9 Å². The van der Waals surface area contributed by atoms with Gasteiger partial charge in [-0.15, -0.1) is 0 Å². The first-order valence-corrected chi connectivity index (χ1v) is 14.7. The van der Waals surface area contributed by atoms with Crippen LogP contribution in [0.2, 0.25) is 0 Å². The maximum absolute atomic E-state index is 12.8. The first-order valence-electron chi connectivity index (χ1n) is 13.9. The third-order valence-corrected chi connectivity index (χ3v) is 8.02. The molecule has 0 aliphatic carbocycles. The Bertz CT molecular complexity index is 1600. The molecule has 1 aliphatic rings. The number of aromatic nitrogens is 2. The van der Waals surface area contributed by atoms with Gasteiger partial charge in [0.15, 0.2) is 0 Å². The molecule has 0 unspecified atom stereocenters. The van der Waals surface area contributed by atoms with Crippen LogP contribution in [0.1, 0.15) is 39.5 Å². The number of ether oxygens (including phenoxy) is 2. The molecule has 0 atom stereocenters. The van der Waals surface area contributed by atoms with E-state index in [1.165, 1.54) is 11.8 Å². The Morgan fingerprint density at radius 2 is 1.69 bits per heavy atom. The standard InChI is InChI=1S/C33H32BrN5O3/c1-4-41-32(40)28-20-36-33(39-15-13-38(14-16-39)21-26-7-5-6-8-29(26)34)37-31(28)42-30-22(2)17-27(18-23(30)3)25-11-9-24(19-35)10-12-25/h5-12,17-18,20H,4,13-16,21H2,1-3H3. The largest absolute Gasteiger partial charge is 0.462 e. The average molecular weight is 627 g/mol. The maximum atomic E-state index is 12.8. The van der Waals surface area contributed by atoms with Crippen molar-refractivity contribution in [3.63, 3.8) is 0 Å². The molecule has 5 rings (SSSR count). The first-order chi connectivity index (χ1) is 20.4. The normalized spacial score (nSPS) is 13.5. The Balaban J connectivity index is 1.38. The molecule has 1 saturated heterocycles. The van der Waals surface area contributed by atoms with E-state index in [2.05, 4.69) is 55.0 Å². The fourth-order valence-electron chi connectivity index (χ4n) is 5.02. The van der Waals surface area contributed by atoms with Crippen LogP contribution in [0.25, 0.3) is 11.1 Å². The van der Waals surface area contributed by atoms with Crippen molar-refractivity contribution in [2.75, 3.05) is 37.7 Å². The second-order valence-electron chi connectivity index (χ2n) is 10.2. The van der Waals surface area contributed by atoms with Gasteiger partial charge < -0.3 is 14.4 Å². The van der Waals surface area contributed by atoms with Crippen molar-refractivity contribution in [2.45, 2.75) is 27.3 Å². The number of esters is 1. The molecule has 0 amide bonds. The van der Waals surface area contributed by atoms with E-state index in [0.29, 0.717) is 17.3 Å². The molecule has 1 aliphatic heterocycles. The number of carbonyl (C=O) groups excluding carboxylic acids is 1. The van der Waals surface area contributed by atoms with Crippen molar-refractivity contribution >= 4 is 27.8 Å². The topological polar surface area (TPSA) is 91.6 Å². The monoisotopic (exact) mass is 625 g/mol. The van der Waals surface area contributed by atoms with E-state index >= 15 is 0 Å². The first kappa shape index (κ1) is 29.2. The number of anilines is 1. The third kappa shape index (κ3) is 6.62. The lowest BCUT2D eigenvalue weighted by molar-refractivity contribution is 0.0522. The minimum atomic E-state index is -0.526. The summed E-state index contributed by atoms with van der Waals surface area (Å²) in [6.45, 7) is 10.0. The molecule has 1 aromatic heterocycles. The zero-order valence-corrected chi connectivity index (χ0v) is 25.5. The van der Waals surface area contributed by atoms with E-state index in [-0.39, 0.29) is 18.1 Å². The molecule has 42 heavy (non-hydrogen) atoms. The van der Waals surface area contributed by atoms with Crippen LogP contribution in [0.4, 0.5) is 5.95 Å². The van der Waals surface area contributed by atoms with Crippen LogP contribution in [0.15, 0.2) is 71.3 Å². The van der Waals surface area contributed by atoms with Gasteiger partial charge in [0.25, 0.3) is 0 Å². The van der Waals surface area contributed by atoms with Crippen LogP contribution in [0, 0.1) is 25.2 Å². The van der Waals surface area contributed by atoms with E-state index in [1.807, 2.05) is 44.2 Å². The lowest BCUT2D eigenvalue weighted by Crippen LogP contribution is -2.46. The average Bonchev–Trinajstić information content (AvgIpc) is 3.00. The number of nitriles is 1. The van der Waals surface area contributed by atoms with E-state index < -0.39 is 5.97 Å². The smallest absolute Gasteiger partial charge is 0.345 e. The SMILES string of the molecule is CCOC(=O)c1cnc(N2CCN(Cc3ccccc3Br)CC2)nc1Oc1c(C)cc(-c2ccc(C#N)cc2)cc1C. The van der Waals surface area contributed by atoms with Crippen LogP contribution < -0.4 is 9.64 Å². The van der Waals surface area contributed by atoms with Crippen molar-refractivity contribution in [3.05, 3.63) is 99.2 Å². The van der Waals surface area contributed by atoms with Gasteiger partial charge in [-0.1, -0.05) is 46.3 Å². The molecule has 0 saturated carbocycles. The van der Waals surface area contributed by atoms with Crippen molar-refractivity contribution < 1.29 is 14.3 Å². The highest BCUT2D eigenvalue weighted by Gasteiger charge is 2.24. The van der Waals surface area contributed by atoms with Crippen LogP contribution in [-0.4, -0.2) is 53.6 Å². The summed E-state index contributed by atoms with van der Waals surface area (Å²) < 4.78 is 12.8. The molecule has 9 heteroatoms. The second-order valence-corrected chi connectivity index (χ2v) is 11.0.